The zero-order valence-electron chi connectivity index (χ0n) is 9.80. The minimum Gasteiger partial charge on any atom is -0.358 e. The van der Waals surface area contributed by atoms with Crippen LogP contribution in [0.3, 0.4) is 0 Å². The van der Waals surface area contributed by atoms with Crippen LogP contribution in [0.15, 0.2) is 24.3 Å². The molecule has 0 saturated carbocycles. The Morgan fingerprint density at radius 1 is 0.882 bits per heavy atom. The van der Waals surface area contributed by atoms with E-state index < -0.39 is 0 Å². The van der Waals surface area contributed by atoms with Crippen LogP contribution < -0.4 is 0 Å². The van der Waals surface area contributed by atoms with Crippen molar-refractivity contribution in [3.8, 4) is 0 Å². The molecular weight excluding hydrogens is 1120 g/mol. The third-order valence-electron chi connectivity index (χ3n) is 1.39. The van der Waals surface area contributed by atoms with Gasteiger partial charge in [0, 0.05) is 161 Å². The van der Waals surface area contributed by atoms with Crippen LogP contribution in [-0.4, -0.2) is 0 Å². The Hall–Kier alpha value is 5.15. The molecule has 7 heteroatoms. The van der Waals surface area contributed by atoms with Gasteiger partial charge in [-0.25, -0.2) is 6.42 Å². The first kappa shape index (κ1) is 49.5. The van der Waals surface area contributed by atoms with Crippen molar-refractivity contribution >= 4 is 0 Å². The summed E-state index contributed by atoms with van der Waals surface area (Å²) in [4.78, 5) is 0. The van der Waals surface area contributed by atoms with Crippen LogP contribution in [0.25, 0.3) is 0 Å². The SMILES string of the molecule is [CH2-]Cc1ccccc1[CH2-].[CH3-].[W+2].[W].[W].[W].[Y].[Y].[Y]. The molecule has 0 heterocycles. The molecule has 1 aromatic rings. The van der Waals surface area contributed by atoms with E-state index in [2.05, 4.69) is 19.9 Å². The monoisotopic (exact) mass is 1140 g/mol. The normalized spacial score (nSPS) is 5.00. The van der Waals surface area contributed by atoms with Crippen molar-refractivity contribution in [2.24, 2.45) is 0 Å². The maximum absolute atomic E-state index is 3.85. The number of rotatable bonds is 1. The van der Waals surface area contributed by atoms with E-state index in [0.29, 0.717) is 0 Å². The second kappa shape index (κ2) is 32.9. The topological polar surface area (TPSA) is 0 Å². The second-order valence-electron chi connectivity index (χ2n) is 2.02. The minimum atomic E-state index is 0. The summed E-state index contributed by atoms with van der Waals surface area (Å²) in [6, 6.07) is 8.05. The Morgan fingerprint density at radius 3 is 1.47 bits per heavy atom. The molecule has 0 N–H and O–H groups in total. The van der Waals surface area contributed by atoms with Gasteiger partial charge in [-0.15, -0.1) is 12.1 Å². The van der Waals surface area contributed by atoms with Crippen LogP contribution in [0.1, 0.15) is 11.1 Å². The van der Waals surface area contributed by atoms with E-state index in [0.717, 1.165) is 12.0 Å². The molecule has 0 amide bonds. The van der Waals surface area contributed by atoms with Crippen LogP contribution >= 0.6 is 0 Å². The molecule has 87 valence electrons. The number of benzene rings is 1. The van der Waals surface area contributed by atoms with Crippen LogP contribution in [0.5, 0.6) is 0 Å². The molecular formula is C10H13W4Y3-. The van der Waals surface area contributed by atoms with E-state index in [-0.39, 0.29) is 190 Å². The zero-order chi connectivity index (χ0) is 6.69. The molecule has 0 aliphatic heterocycles. The number of hydrogen-bond donors (Lipinski definition) is 0. The summed E-state index contributed by atoms with van der Waals surface area (Å²) in [5.41, 5.74) is 2.32. The van der Waals surface area contributed by atoms with Crippen molar-refractivity contribution < 1.29 is 182 Å². The van der Waals surface area contributed by atoms with Gasteiger partial charge in [-0.05, 0) is 0 Å². The van der Waals surface area contributed by atoms with Crippen molar-refractivity contribution in [2.45, 2.75) is 6.42 Å². The number of hydrogen-bond acceptors (Lipinski definition) is 0. The van der Waals surface area contributed by atoms with E-state index >= 15 is 0 Å². The summed E-state index contributed by atoms with van der Waals surface area (Å²) in [6.45, 7) is 7.63. The van der Waals surface area contributed by atoms with Crippen molar-refractivity contribution in [1.82, 2.24) is 0 Å². The van der Waals surface area contributed by atoms with Gasteiger partial charge < -0.3 is 14.4 Å². The third-order valence-corrected chi connectivity index (χ3v) is 1.39. The Labute approximate surface area is 240 Å². The molecule has 1 aromatic carbocycles. The van der Waals surface area contributed by atoms with E-state index in [1.165, 1.54) is 5.56 Å². The molecule has 0 fully saturated rings. The Kier molecular flexibility index (Phi) is 95.9. The van der Waals surface area contributed by atoms with E-state index in [1.807, 2.05) is 18.2 Å². The fraction of sp³-hybridized carbons (Fsp3) is 0.100. The molecule has 0 bridgehead atoms. The molecule has 1 rings (SSSR count). The van der Waals surface area contributed by atoms with Crippen molar-refractivity contribution in [3.05, 3.63) is 56.7 Å². The summed E-state index contributed by atoms with van der Waals surface area (Å²) in [7, 11) is 0. The molecule has 0 atom stereocenters. The van der Waals surface area contributed by atoms with Crippen molar-refractivity contribution in [3.63, 3.8) is 0 Å². The van der Waals surface area contributed by atoms with Gasteiger partial charge in [0.2, 0.25) is 0 Å². The average Bonchev–Trinajstić information content (AvgIpc) is 1.89. The predicted octanol–water partition coefficient (Wildman–Crippen LogP) is 2.68. The summed E-state index contributed by atoms with van der Waals surface area (Å²) >= 11 is 0. The predicted molar refractivity (Wildman–Crippen MR) is 46.4 cm³/mol. The first-order valence-corrected chi connectivity index (χ1v) is 3.03. The van der Waals surface area contributed by atoms with Gasteiger partial charge in [0.15, 0.2) is 0 Å². The fourth-order valence-corrected chi connectivity index (χ4v) is 0.801. The Balaban J connectivity index is -0.0000000169. The van der Waals surface area contributed by atoms with Gasteiger partial charge in [0.1, 0.15) is 0 Å². The average molecular weight is 1140 g/mol. The molecule has 3 radical (unpaired) electrons. The van der Waals surface area contributed by atoms with Gasteiger partial charge in [0.05, 0.1) is 0 Å². The van der Waals surface area contributed by atoms with Gasteiger partial charge in [-0.2, -0.15) is 24.1 Å². The molecule has 0 nitrogen and oxygen atoms in total. The molecule has 0 unspecified atom stereocenters. The van der Waals surface area contributed by atoms with Crippen molar-refractivity contribution in [1.29, 1.82) is 0 Å². The molecule has 0 spiro atoms. The Morgan fingerprint density at radius 2 is 1.24 bits per heavy atom. The summed E-state index contributed by atoms with van der Waals surface area (Å²) in [5, 5.41) is 0. The van der Waals surface area contributed by atoms with Crippen LogP contribution in [0.4, 0.5) is 0 Å². The molecule has 0 aromatic heterocycles. The van der Waals surface area contributed by atoms with Crippen LogP contribution in [0, 0.1) is 21.3 Å². The summed E-state index contributed by atoms with van der Waals surface area (Å²) in [5.74, 6) is 0. The van der Waals surface area contributed by atoms with E-state index in [4.69, 9.17) is 0 Å². The van der Waals surface area contributed by atoms with E-state index in [1.54, 1.807) is 0 Å². The summed E-state index contributed by atoms with van der Waals surface area (Å²) in [6.07, 6.45) is 0.833. The first-order valence-electron chi connectivity index (χ1n) is 3.03. The molecule has 0 aliphatic carbocycles. The fourth-order valence-electron chi connectivity index (χ4n) is 0.801. The van der Waals surface area contributed by atoms with E-state index in [9.17, 15) is 0 Å². The van der Waals surface area contributed by atoms with Gasteiger partial charge in [-0.3, -0.25) is 0 Å². The van der Waals surface area contributed by atoms with Gasteiger partial charge in [0.25, 0.3) is 0 Å². The first-order chi connectivity index (χ1) is 4.34. The molecule has 0 aliphatic rings. The second-order valence-corrected chi connectivity index (χ2v) is 2.02. The van der Waals surface area contributed by atoms with Crippen molar-refractivity contribution in [2.75, 3.05) is 0 Å². The smallest absolute Gasteiger partial charge is 0.358 e. The van der Waals surface area contributed by atoms with Gasteiger partial charge in [-0.1, -0.05) is 6.07 Å². The minimum absolute atomic E-state index is 0. The molecule has 0 saturated heterocycles. The summed E-state index contributed by atoms with van der Waals surface area (Å²) < 4.78 is 0. The standard InChI is InChI=1S/C9H10.CH3.4W.3Y/c1-3-9-7-5-4-6-8(9)2;;;;;;;;/h4-7H,1-3H2;1H3;;;;;;;/q-2;-1;;;;+2;;;. The van der Waals surface area contributed by atoms with Gasteiger partial charge >= 0.3 is 21.1 Å². The third kappa shape index (κ3) is 23.5. The maximum Gasteiger partial charge on any atom is 2.00 e. The Bertz CT molecular complexity index is 212. The van der Waals surface area contributed by atoms with Crippen LogP contribution in [0.2, 0.25) is 0 Å². The largest absolute Gasteiger partial charge is 2.00 e. The molecule has 17 heavy (non-hydrogen) atoms. The quantitative estimate of drug-likeness (QED) is 0.381. The maximum atomic E-state index is 3.85. The van der Waals surface area contributed by atoms with Crippen LogP contribution in [-0.2, 0) is 189 Å². The zero-order valence-corrected chi connectivity index (χ0v) is 30.0.